The third-order valence-electron chi connectivity index (χ3n) is 4.79. The molecule has 1 aliphatic carbocycles. The van der Waals surface area contributed by atoms with Gasteiger partial charge < -0.3 is 10.6 Å². The van der Waals surface area contributed by atoms with Crippen LogP contribution in [0.5, 0.6) is 0 Å². The fourth-order valence-electron chi connectivity index (χ4n) is 3.40. The summed E-state index contributed by atoms with van der Waals surface area (Å²) in [6.45, 7) is 1.68. The van der Waals surface area contributed by atoms with Crippen LogP contribution in [-0.2, 0) is 6.54 Å². The van der Waals surface area contributed by atoms with Crippen LogP contribution in [-0.4, -0.2) is 34.3 Å². The molecule has 2 N–H and O–H groups in total. The number of nitrogens with zero attached hydrogens (tertiary/aromatic N) is 4. The summed E-state index contributed by atoms with van der Waals surface area (Å²) in [5.41, 5.74) is 1.15. The van der Waals surface area contributed by atoms with Crippen LogP contribution in [0.3, 0.4) is 0 Å². The first kappa shape index (κ1) is 20.7. The van der Waals surface area contributed by atoms with Crippen molar-refractivity contribution < 1.29 is 0 Å². The molecular formula is C19H29IN6. The summed E-state index contributed by atoms with van der Waals surface area (Å²) in [4.78, 5) is 8.66. The van der Waals surface area contributed by atoms with Gasteiger partial charge in [-0.25, -0.2) is 9.67 Å². The van der Waals surface area contributed by atoms with Crippen molar-refractivity contribution in [2.75, 3.05) is 13.6 Å². The first-order valence-corrected chi connectivity index (χ1v) is 9.24. The van der Waals surface area contributed by atoms with Crippen LogP contribution in [0, 0.1) is 5.92 Å². The van der Waals surface area contributed by atoms with Gasteiger partial charge in [0.2, 0.25) is 0 Å². The van der Waals surface area contributed by atoms with Crippen LogP contribution in [0.15, 0.2) is 41.8 Å². The number of hydrogen-bond acceptors (Lipinski definition) is 3. The van der Waals surface area contributed by atoms with E-state index in [9.17, 15) is 0 Å². The van der Waals surface area contributed by atoms with Crippen molar-refractivity contribution in [3.05, 3.63) is 42.4 Å². The standard InChI is InChI=1S/C19H28N6.HI/c1-20-19(22-10-4-8-16-6-2-3-7-16)23-15-17-9-12-21-18(14-17)25-13-5-11-24-25;/h5,9,11-14,16H,2-4,6-8,10,15H2,1H3,(H2,20,22,23);1H. The molecule has 3 rings (SSSR count). The van der Waals surface area contributed by atoms with Gasteiger partial charge in [0.05, 0.1) is 0 Å². The van der Waals surface area contributed by atoms with Crippen LogP contribution in [0.25, 0.3) is 5.82 Å². The minimum absolute atomic E-state index is 0. The van der Waals surface area contributed by atoms with Crippen molar-refractivity contribution in [2.24, 2.45) is 10.9 Å². The van der Waals surface area contributed by atoms with Crippen molar-refractivity contribution in [3.63, 3.8) is 0 Å². The second-order valence-corrected chi connectivity index (χ2v) is 6.62. The number of halogens is 1. The maximum atomic E-state index is 4.35. The lowest BCUT2D eigenvalue weighted by molar-refractivity contribution is 0.481. The van der Waals surface area contributed by atoms with E-state index >= 15 is 0 Å². The Balaban J connectivity index is 0.00000243. The van der Waals surface area contributed by atoms with Crippen molar-refractivity contribution >= 4 is 29.9 Å². The number of guanidine groups is 1. The maximum Gasteiger partial charge on any atom is 0.191 e. The Hall–Kier alpha value is -1.64. The zero-order chi connectivity index (χ0) is 17.3. The molecule has 1 aliphatic rings. The Labute approximate surface area is 172 Å². The second kappa shape index (κ2) is 11.2. The first-order valence-electron chi connectivity index (χ1n) is 9.24. The molecule has 1 fully saturated rings. The minimum atomic E-state index is 0. The van der Waals surface area contributed by atoms with Crippen molar-refractivity contribution in [3.8, 4) is 5.82 Å². The molecule has 0 aliphatic heterocycles. The lowest BCUT2D eigenvalue weighted by Crippen LogP contribution is -2.37. The smallest absolute Gasteiger partial charge is 0.191 e. The zero-order valence-electron chi connectivity index (χ0n) is 15.4. The molecule has 142 valence electrons. The highest BCUT2D eigenvalue weighted by atomic mass is 127. The molecule has 1 saturated carbocycles. The summed E-state index contributed by atoms with van der Waals surface area (Å²) < 4.78 is 1.76. The van der Waals surface area contributed by atoms with Gasteiger partial charge in [-0.2, -0.15) is 5.10 Å². The summed E-state index contributed by atoms with van der Waals surface area (Å²) in [5, 5.41) is 11.0. The predicted octanol–water partition coefficient (Wildman–Crippen LogP) is 3.52. The normalized spacial score (nSPS) is 14.9. The number of hydrogen-bond donors (Lipinski definition) is 2. The van der Waals surface area contributed by atoms with Crippen LogP contribution >= 0.6 is 24.0 Å². The molecule has 2 aromatic heterocycles. The summed E-state index contributed by atoms with van der Waals surface area (Å²) in [6, 6.07) is 5.94. The van der Waals surface area contributed by atoms with Crippen LogP contribution in [0.4, 0.5) is 0 Å². The van der Waals surface area contributed by atoms with Gasteiger partial charge in [0.1, 0.15) is 0 Å². The van der Waals surface area contributed by atoms with Gasteiger partial charge in [-0.05, 0) is 42.5 Å². The predicted molar refractivity (Wildman–Crippen MR) is 116 cm³/mol. The topological polar surface area (TPSA) is 67.1 Å². The van der Waals surface area contributed by atoms with E-state index in [2.05, 4.69) is 25.7 Å². The second-order valence-electron chi connectivity index (χ2n) is 6.62. The van der Waals surface area contributed by atoms with Gasteiger partial charge in [-0.1, -0.05) is 25.7 Å². The molecule has 0 aromatic carbocycles. The lowest BCUT2D eigenvalue weighted by atomic mass is 10.0. The average molecular weight is 468 g/mol. The summed E-state index contributed by atoms with van der Waals surface area (Å²) in [7, 11) is 1.81. The summed E-state index contributed by atoms with van der Waals surface area (Å²) in [5.74, 6) is 2.63. The molecule has 26 heavy (non-hydrogen) atoms. The molecule has 0 spiro atoms. The molecule has 0 unspecified atom stereocenters. The number of rotatable bonds is 7. The van der Waals surface area contributed by atoms with Crippen molar-refractivity contribution in [1.29, 1.82) is 0 Å². The van der Waals surface area contributed by atoms with Crippen LogP contribution < -0.4 is 10.6 Å². The molecule has 6 nitrogen and oxygen atoms in total. The Morgan fingerprint density at radius 2 is 2.12 bits per heavy atom. The molecule has 0 saturated heterocycles. The quantitative estimate of drug-likeness (QED) is 0.283. The van der Waals surface area contributed by atoms with E-state index in [1.807, 2.05) is 37.6 Å². The number of aromatic nitrogens is 3. The largest absolute Gasteiger partial charge is 0.356 e. The lowest BCUT2D eigenvalue weighted by Gasteiger charge is -2.13. The highest BCUT2D eigenvalue weighted by Gasteiger charge is 2.14. The molecule has 0 atom stereocenters. The maximum absolute atomic E-state index is 4.35. The Kier molecular flexibility index (Phi) is 8.87. The van der Waals surface area contributed by atoms with E-state index < -0.39 is 0 Å². The molecule has 0 radical (unpaired) electrons. The van der Waals surface area contributed by atoms with Gasteiger partial charge in [0.15, 0.2) is 11.8 Å². The molecular weight excluding hydrogens is 439 g/mol. The van der Waals surface area contributed by atoms with Crippen LogP contribution in [0.1, 0.15) is 44.1 Å². The summed E-state index contributed by atoms with van der Waals surface area (Å²) >= 11 is 0. The Morgan fingerprint density at radius 3 is 2.85 bits per heavy atom. The van der Waals surface area contributed by atoms with Gasteiger partial charge in [0, 0.05) is 38.7 Å². The third-order valence-corrected chi connectivity index (χ3v) is 4.79. The number of nitrogens with one attached hydrogen (secondary N) is 2. The Morgan fingerprint density at radius 1 is 1.27 bits per heavy atom. The molecule has 2 aromatic rings. The fourth-order valence-corrected chi connectivity index (χ4v) is 3.40. The highest BCUT2D eigenvalue weighted by Crippen LogP contribution is 2.28. The van der Waals surface area contributed by atoms with E-state index in [0.29, 0.717) is 6.54 Å². The van der Waals surface area contributed by atoms with Crippen LogP contribution in [0.2, 0.25) is 0 Å². The molecule has 7 heteroatoms. The monoisotopic (exact) mass is 468 g/mol. The van der Waals surface area contributed by atoms with E-state index in [1.54, 1.807) is 10.9 Å². The van der Waals surface area contributed by atoms with Crippen molar-refractivity contribution in [1.82, 2.24) is 25.4 Å². The van der Waals surface area contributed by atoms with Crippen molar-refractivity contribution in [2.45, 2.75) is 45.1 Å². The Bertz CT molecular complexity index is 664. The van der Waals surface area contributed by atoms with E-state index in [1.165, 1.54) is 38.5 Å². The fraction of sp³-hybridized carbons (Fsp3) is 0.526. The molecule has 2 heterocycles. The number of aliphatic imine (C=N–C) groups is 1. The van der Waals surface area contributed by atoms with Gasteiger partial charge in [-0.15, -0.1) is 24.0 Å². The average Bonchev–Trinajstić information content (AvgIpc) is 3.35. The van der Waals surface area contributed by atoms with E-state index in [0.717, 1.165) is 29.8 Å². The molecule has 0 bridgehead atoms. The first-order chi connectivity index (χ1) is 12.3. The third kappa shape index (κ3) is 6.26. The van der Waals surface area contributed by atoms with E-state index in [-0.39, 0.29) is 24.0 Å². The van der Waals surface area contributed by atoms with Gasteiger partial charge in [-0.3, -0.25) is 4.99 Å². The molecule has 0 amide bonds. The van der Waals surface area contributed by atoms with Gasteiger partial charge >= 0.3 is 0 Å². The number of pyridine rings is 1. The highest BCUT2D eigenvalue weighted by molar-refractivity contribution is 14.0. The zero-order valence-corrected chi connectivity index (χ0v) is 17.7. The minimum Gasteiger partial charge on any atom is -0.356 e. The van der Waals surface area contributed by atoms with E-state index in [4.69, 9.17) is 0 Å². The SMILES string of the molecule is CN=C(NCCCC1CCCC1)NCc1ccnc(-n2cccn2)c1.I. The summed E-state index contributed by atoms with van der Waals surface area (Å²) in [6.07, 6.45) is 13.7. The van der Waals surface area contributed by atoms with Gasteiger partial charge in [0.25, 0.3) is 0 Å².